The summed E-state index contributed by atoms with van der Waals surface area (Å²) in [4.78, 5) is 44.4. The predicted octanol–water partition coefficient (Wildman–Crippen LogP) is 2.13. The van der Waals surface area contributed by atoms with Gasteiger partial charge in [0.1, 0.15) is 6.04 Å². The van der Waals surface area contributed by atoms with E-state index >= 15 is 0 Å². The zero-order valence-corrected chi connectivity index (χ0v) is 30.5. The lowest BCUT2D eigenvalue weighted by atomic mass is 9.72. The molecule has 0 radical (unpaired) electrons. The Balaban J connectivity index is 1.92. The van der Waals surface area contributed by atoms with E-state index in [2.05, 4.69) is 20.9 Å². The molecule has 0 bridgehead atoms. The highest BCUT2D eigenvalue weighted by Crippen LogP contribution is 2.39. The molecule has 4 N–H and O–H groups in total. The standard InChI is InChI=1S/C35H59N5O6S/c1-9-39(7)23-30(42)37-31(35(5,6)47(8,45)46)33(44)36-27(19-24-15-11-10-12-16-24)29(41)22-40-21-26-18-14-13-17-25(26)20-28(40)32(43)38-34(2,3)4/h10-12,15-16,25-29,31,41H,9,13-14,17-23H2,1-8H3,(H,36,44)(H,37,42)(H,38,43)/t25?,26?,27-,28-,29+,31+/m0/s1. The Morgan fingerprint density at radius 2 is 1.64 bits per heavy atom. The number of amides is 3. The Bertz CT molecular complexity index is 1320. The molecule has 2 aliphatic rings. The third kappa shape index (κ3) is 11.0. The lowest BCUT2D eigenvalue weighted by Crippen LogP contribution is -2.64. The van der Waals surface area contributed by atoms with E-state index < -0.39 is 56.2 Å². The molecular formula is C35H59N5O6S. The van der Waals surface area contributed by atoms with Crippen molar-refractivity contribution in [2.45, 2.75) is 115 Å². The number of aliphatic hydroxyl groups excluding tert-OH is 1. The SMILES string of the molecule is CCN(C)CC(=O)N[C@H](C(=O)N[C@@H](Cc1ccccc1)[C@H](O)CN1CC2CCCCC2C[C@H]1C(=O)NC(C)(C)C)C(C)(C)S(C)(=O)=O. The molecule has 6 atom stereocenters. The zero-order chi connectivity index (χ0) is 35.2. The number of hydrogen-bond acceptors (Lipinski definition) is 8. The van der Waals surface area contributed by atoms with Crippen molar-refractivity contribution in [1.82, 2.24) is 25.8 Å². The van der Waals surface area contributed by atoms with Crippen LogP contribution in [0.25, 0.3) is 0 Å². The van der Waals surface area contributed by atoms with E-state index in [0.29, 0.717) is 24.9 Å². The zero-order valence-electron chi connectivity index (χ0n) is 29.7. The number of nitrogens with zero attached hydrogens (tertiary/aromatic N) is 2. The minimum atomic E-state index is -3.81. The smallest absolute Gasteiger partial charge is 0.244 e. The predicted molar refractivity (Wildman–Crippen MR) is 185 cm³/mol. The highest BCUT2D eigenvalue weighted by Gasteiger charge is 2.46. The number of rotatable bonds is 14. The molecule has 3 rings (SSSR count). The van der Waals surface area contributed by atoms with Gasteiger partial charge in [-0.05, 0) is 84.9 Å². The minimum Gasteiger partial charge on any atom is -0.390 e. The van der Waals surface area contributed by atoms with Crippen molar-refractivity contribution in [2.75, 3.05) is 39.5 Å². The summed E-state index contributed by atoms with van der Waals surface area (Å²) in [5.41, 5.74) is 0.462. The Kier molecular flexibility index (Phi) is 13.4. The molecule has 0 aromatic heterocycles. The number of likely N-dealkylation sites (N-methyl/N-ethyl adjacent to an activating group) is 1. The van der Waals surface area contributed by atoms with Crippen molar-refractivity contribution in [2.24, 2.45) is 11.8 Å². The van der Waals surface area contributed by atoms with Crippen molar-refractivity contribution < 1.29 is 27.9 Å². The Hall–Kier alpha value is -2.54. The molecule has 11 nitrogen and oxygen atoms in total. The molecule has 1 aliphatic carbocycles. The molecule has 2 unspecified atom stereocenters. The number of carbonyl (C=O) groups is 3. The van der Waals surface area contributed by atoms with Crippen molar-refractivity contribution in [1.29, 1.82) is 0 Å². The summed E-state index contributed by atoms with van der Waals surface area (Å²) in [6.45, 7) is 12.0. The van der Waals surface area contributed by atoms with Gasteiger partial charge in [-0.1, -0.05) is 56.5 Å². The Morgan fingerprint density at radius 1 is 1.02 bits per heavy atom. The van der Waals surface area contributed by atoms with Crippen LogP contribution in [0, 0.1) is 11.8 Å². The monoisotopic (exact) mass is 677 g/mol. The molecule has 1 aliphatic heterocycles. The summed E-state index contributed by atoms with van der Waals surface area (Å²) in [5.74, 6) is -0.335. The van der Waals surface area contributed by atoms with Gasteiger partial charge in [-0.15, -0.1) is 0 Å². The summed E-state index contributed by atoms with van der Waals surface area (Å²) in [7, 11) is -2.05. The van der Waals surface area contributed by atoms with Gasteiger partial charge in [0.25, 0.3) is 0 Å². The van der Waals surface area contributed by atoms with Crippen LogP contribution in [0.4, 0.5) is 0 Å². The molecule has 1 heterocycles. The number of likely N-dealkylation sites (tertiary alicyclic amines) is 1. The third-order valence-electron chi connectivity index (χ3n) is 9.99. The third-order valence-corrected chi connectivity index (χ3v) is 12.1. The number of carbonyl (C=O) groups excluding carboxylic acids is 3. The van der Waals surface area contributed by atoms with Gasteiger partial charge in [0.05, 0.1) is 29.5 Å². The summed E-state index contributed by atoms with van der Waals surface area (Å²) in [5, 5.41) is 20.6. The van der Waals surface area contributed by atoms with E-state index in [1.807, 2.05) is 58.0 Å². The summed E-state index contributed by atoms with van der Waals surface area (Å²) in [6, 6.07) is 6.79. The first-order valence-electron chi connectivity index (χ1n) is 17.1. The van der Waals surface area contributed by atoms with Crippen LogP contribution in [-0.2, 0) is 30.6 Å². The molecule has 1 saturated carbocycles. The van der Waals surface area contributed by atoms with Crippen LogP contribution in [0.1, 0.15) is 79.2 Å². The number of piperidine rings is 1. The number of β-amino-alcohol motifs (C(OH)–C–C–N with tert-alkyl or cyclic N) is 1. The van der Waals surface area contributed by atoms with Crippen molar-refractivity contribution in [3.8, 4) is 0 Å². The summed E-state index contributed by atoms with van der Waals surface area (Å²) in [6.07, 6.45) is 5.45. The molecule has 47 heavy (non-hydrogen) atoms. The molecule has 1 aromatic rings. The number of sulfone groups is 1. The summed E-state index contributed by atoms with van der Waals surface area (Å²) < 4.78 is 24.2. The molecule has 12 heteroatoms. The van der Waals surface area contributed by atoms with Gasteiger partial charge in [-0.3, -0.25) is 24.2 Å². The van der Waals surface area contributed by atoms with Crippen LogP contribution < -0.4 is 16.0 Å². The van der Waals surface area contributed by atoms with E-state index in [-0.39, 0.29) is 25.4 Å². The fourth-order valence-corrected chi connectivity index (χ4v) is 7.34. The Labute approximate surface area is 282 Å². The number of aliphatic hydroxyl groups is 1. The topological polar surface area (TPSA) is 148 Å². The molecule has 1 aromatic carbocycles. The largest absolute Gasteiger partial charge is 0.390 e. The fourth-order valence-electron chi connectivity index (χ4n) is 6.74. The van der Waals surface area contributed by atoms with Crippen LogP contribution >= 0.6 is 0 Å². The first kappa shape index (κ1) is 38.9. The highest BCUT2D eigenvalue weighted by atomic mass is 32.2. The fraction of sp³-hybridized carbons (Fsp3) is 0.743. The first-order chi connectivity index (χ1) is 21.8. The van der Waals surface area contributed by atoms with Gasteiger partial charge in [-0.25, -0.2) is 8.42 Å². The lowest BCUT2D eigenvalue weighted by molar-refractivity contribution is -0.133. The average molecular weight is 678 g/mol. The number of nitrogens with one attached hydrogen (secondary N) is 3. The van der Waals surface area contributed by atoms with E-state index in [4.69, 9.17) is 0 Å². The summed E-state index contributed by atoms with van der Waals surface area (Å²) >= 11 is 0. The first-order valence-corrected chi connectivity index (χ1v) is 19.0. The molecule has 0 spiro atoms. The van der Waals surface area contributed by atoms with Gasteiger partial charge in [0.15, 0.2) is 9.84 Å². The number of hydrogen-bond donors (Lipinski definition) is 4. The molecule has 1 saturated heterocycles. The molecule has 266 valence electrons. The highest BCUT2D eigenvalue weighted by molar-refractivity contribution is 7.92. The van der Waals surface area contributed by atoms with Gasteiger partial charge >= 0.3 is 0 Å². The van der Waals surface area contributed by atoms with Crippen LogP contribution in [0.2, 0.25) is 0 Å². The second kappa shape index (κ2) is 16.2. The van der Waals surface area contributed by atoms with Crippen LogP contribution in [0.15, 0.2) is 30.3 Å². The van der Waals surface area contributed by atoms with Gasteiger partial charge in [0.2, 0.25) is 17.7 Å². The van der Waals surface area contributed by atoms with Crippen molar-refractivity contribution >= 4 is 27.6 Å². The van der Waals surface area contributed by atoms with Crippen LogP contribution in [0.3, 0.4) is 0 Å². The van der Waals surface area contributed by atoms with Crippen molar-refractivity contribution in [3.63, 3.8) is 0 Å². The molecule has 2 fully saturated rings. The number of fused-ring (bicyclic) bond motifs is 1. The van der Waals surface area contributed by atoms with Crippen molar-refractivity contribution in [3.05, 3.63) is 35.9 Å². The van der Waals surface area contributed by atoms with E-state index in [9.17, 15) is 27.9 Å². The number of benzene rings is 1. The van der Waals surface area contributed by atoms with Gasteiger partial charge < -0.3 is 21.1 Å². The van der Waals surface area contributed by atoms with Gasteiger partial charge in [-0.2, -0.15) is 0 Å². The average Bonchev–Trinajstić information content (AvgIpc) is 2.98. The minimum absolute atomic E-state index is 0.00860. The van der Waals surface area contributed by atoms with E-state index in [1.54, 1.807) is 11.9 Å². The molecule has 3 amide bonds. The van der Waals surface area contributed by atoms with E-state index in [0.717, 1.165) is 37.5 Å². The second-order valence-electron chi connectivity index (χ2n) is 15.3. The van der Waals surface area contributed by atoms with Gasteiger partial charge in [0, 0.05) is 24.9 Å². The Morgan fingerprint density at radius 3 is 2.21 bits per heavy atom. The van der Waals surface area contributed by atoms with Crippen LogP contribution in [0.5, 0.6) is 0 Å². The second-order valence-corrected chi connectivity index (χ2v) is 17.9. The van der Waals surface area contributed by atoms with Crippen LogP contribution in [-0.4, -0.2) is 115 Å². The quantitative estimate of drug-likeness (QED) is 0.234. The maximum atomic E-state index is 14.0. The normalized spacial score (nSPS) is 22.9. The maximum absolute atomic E-state index is 14.0. The maximum Gasteiger partial charge on any atom is 0.244 e. The van der Waals surface area contributed by atoms with E-state index in [1.165, 1.54) is 20.3 Å². The lowest BCUT2D eigenvalue weighted by Gasteiger charge is -2.47. The molecular weight excluding hydrogens is 618 g/mol.